The second-order valence-corrected chi connectivity index (χ2v) is 6.17. The largest absolute Gasteiger partial charge is 0.352 e. The molecule has 3 heteroatoms. The molecule has 0 bridgehead atoms. The van der Waals surface area contributed by atoms with Crippen LogP contribution in [0.1, 0.15) is 47.6 Å². The van der Waals surface area contributed by atoms with Crippen LogP contribution in [0.3, 0.4) is 0 Å². The summed E-state index contributed by atoms with van der Waals surface area (Å²) in [5.74, 6) is 0. The van der Waals surface area contributed by atoms with Crippen molar-refractivity contribution < 1.29 is 0 Å². The molecule has 0 aromatic carbocycles. The Kier molecular flexibility index (Phi) is 4.83. The van der Waals surface area contributed by atoms with Gasteiger partial charge in [0.1, 0.15) is 0 Å². The van der Waals surface area contributed by atoms with Crippen LogP contribution in [0, 0.1) is 13.8 Å². The van der Waals surface area contributed by atoms with E-state index in [2.05, 4.69) is 61.3 Å². The summed E-state index contributed by atoms with van der Waals surface area (Å²) in [6, 6.07) is 7.16. The molecule has 1 N–H and O–H groups in total. The number of nitrogens with zero attached hydrogens (tertiary/aromatic N) is 1. The number of hydrogen-bond donors (Lipinski definition) is 1. The second-order valence-electron chi connectivity index (χ2n) is 5.19. The lowest BCUT2D eigenvalue weighted by Crippen LogP contribution is -2.20. The third-order valence-corrected chi connectivity index (χ3v) is 4.87. The number of nitrogens with one attached hydrogen (secondary N) is 1. The van der Waals surface area contributed by atoms with E-state index < -0.39 is 0 Å². The summed E-state index contributed by atoms with van der Waals surface area (Å²) in [5.41, 5.74) is 4.11. The summed E-state index contributed by atoms with van der Waals surface area (Å²) in [6.07, 6.45) is 2.41. The molecule has 0 aliphatic heterocycles. The topological polar surface area (TPSA) is 17.0 Å². The van der Waals surface area contributed by atoms with Gasteiger partial charge in [0.15, 0.2) is 0 Å². The van der Waals surface area contributed by atoms with Gasteiger partial charge in [-0.05, 0) is 43.3 Å². The SMILES string of the molecule is CCCC(NCc1cc(C)n(C)c1C)c1cccs1. The third kappa shape index (κ3) is 3.28. The van der Waals surface area contributed by atoms with Crippen LogP contribution in [0.15, 0.2) is 23.6 Å². The van der Waals surface area contributed by atoms with E-state index in [9.17, 15) is 0 Å². The lowest BCUT2D eigenvalue weighted by molar-refractivity contribution is 0.499. The molecule has 2 heterocycles. The zero-order valence-electron chi connectivity index (χ0n) is 12.4. The van der Waals surface area contributed by atoms with Gasteiger partial charge in [-0.3, -0.25) is 0 Å². The molecule has 0 aliphatic rings. The molecule has 0 saturated heterocycles. The summed E-state index contributed by atoms with van der Waals surface area (Å²) >= 11 is 1.85. The van der Waals surface area contributed by atoms with Crippen LogP contribution in [0.4, 0.5) is 0 Å². The van der Waals surface area contributed by atoms with Crippen LogP contribution < -0.4 is 5.32 Å². The Labute approximate surface area is 120 Å². The average molecular weight is 276 g/mol. The molecule has 1 unspecified atom stereocenters. The van der Waals surface area contributed by atoms with Crippen LogP contribution in [0.2, 0.25) is 0 Å². The number of hydrogen-bond acceptors (Lipinski definition) is 2. The number of aryl methyl sites for hydroxylation is 1. The highest BCUT2D eigenvalue weighted by Crippen LogP contribution is 2.24. The lowest BCUT2D eigenvalue weighted by atomic mass is 10.1. The molecule has 0 radical (unpaired) electrons. The molecular formula is C16H24N2S. The summed E-state index contributed by atoms with van der Waals surface area (Å²) < 4.78 is 2.26. The van der Waals surface area contributed by atoms with Crippen molar-refractivity contribution in [1.82, 2.24) is 9.88 Å². The van der Waals surface area contributed by atoms with Crippen molar-refractivity contribution in [3.63, 3.8) is 0 Å². The number of aromatic nitrogens is 1. The highest BCUT2D eigenvalue weighted by Gasteiger charge is 2.12. The summed E-state index contributed by atoms with van der Waals surface area (Å²) in [7, 11) is 2.14. The minimum Gasteiger partial charge on any atom is -0.352 e. The van der Waals surface area contributed by atoms with Gasteiger partial charge in [0, 0.05) is 35.9 Å². The molecule has 0 spiro atoms. The molecule has 1 atom stereocenters. The van der Waals surface area contributed by atoms with Crippen LogP contribution in [-0.2, 0) is 13.6 Å². The van der Waals surface area contributed by atoms with E-state index in [1.165, 1.54) is 34.7 Å². The van der Waals surface area contributed by atoms with E-state index in [1.54, 1.807) is 0 Å². The van der Waals surface area contributed by atoms with Crippen LogP contribution in [0.25, 0.3) is 0 Å². The van der Waals surface area contributed by atoms with Gasteiger partial charge < -0.3 is 9.88 Å². The maximum Gasteiger partial charge on any atom is 0.0417 e. The fourth-order valence-electron chi connectivity index (χ4n) is 2.47. The Bertz CT molecular complexity index is 511. The molecule has 0 aliphatic carbocycles. The predicted molar refractivity (Wildman–Crippen MR) is 83.7 cm³/mol. The Morgan fingerprint density at radius 3 is 2.68 bits per heavy atom. The Hall–Kier alpha value is -1.06. The van der Waals surface area contributed by atoms with Gasteiger partial charge in [0.25, 0.3) is 0 Å². The van der Waals surface area contributed by atoms with Crippen molar-refractivity contribution >= 4 is 11.3 Å². The van der Waals surface area contributed by atoms with Crippen molar-refractivity contribution in [2.45, 2.75) is 46.2 Å². The Balaban J connectivity index is 2.04. The quantitative estimate of drug-likeness (QED) is 0.830. The van der Waals surface area contributed by atoms with Crippen LogP contribution in [-0.4, -0.2) is 4.57 Å². The Morgan fingerprint density at radius 1 is 1.37 bits per heavy atom. The molecule has 2 aromatic rings. The second kappa shape index (κ2) is 6.40. The van der Waals surface area contributed by atoms with E-state index in [-0.39, 0.29) is 0 Å². The van der Waals surface area contributed by atoms with E-state index in [4.69, 9.17) is 0 Å². The lowest BCUT2D eigenvalue weighted by Gasteiger charge is -2.16. The normalized spacial score (nSPS) is 12.8. The first-order valence-electron chi connectivity index (χ1n) is 7.02. The fraction of sp³-hybridized carbons (Fsp3) is 0.500. The number of thiophene rings is 1. The molecule has 2 nitrogen and oxygen atoms in total. The summed E-state index contributed by atoms with van der Waals surface area (Å²) in [5, 5.41) is 5.88. The van der Waals surface area contributed by atoms with Crippen molar-refractivity contribution in [1.29, 1.82) is 0 Å². The van der Waals surface area contributed by atoms with E-state index in [0.717, 1.165) is 6.54 Å². The molecular weight excluding hydrogens is 252 g/mol. The molecule has 19 heavy (non-hydrogen) atoms. The highest BCUT2D eigenvalue weighted by molar-refractivity contribution is 7.10. The standard InChI is InChI=1S/C16H24N2S/c1-5-7-15(16-8-6-9-19-16)17-11-14-10-12(2)18(4)13(14)3/h6,8-10,15,17H,5,7,11H2,1-4H3. The average Bonchev–Trinajstić information content (AvgIpc) is 3.00. The van der Waals surface area contributed by atoms with Gasteiger partial charge in [-0.15, -0.1) is 11.3 Å². The minimum absolute atomic E-state index is 0.491. The van der Waals surface area contributed by atoms with Crippen molar-refractivity contribution in [2.75, 3.05) is 0 Å². The van der Waals surface area contributed by atoms with Gasteiger partial charge in [-0.25, -0.2) is 0 Å². The first-order valence-corrected chi connectivity index (χ1v) is 7.90. The molecule has 104 valence electrons. The predicted octanol–water partition coefficient (Wildman–Crippen LogP) is 4.33. The maximum atomic E-state index is 3.72. The molecule has 0 fully saturated rings. The zero-order chi connectivity index (χ0) is 13.8. The van der Waals surface area contributed by atoms with E-state index in [1.807, 2.05) is 11.3 Å². The van der Waals surface area contributed by atoms with Crippen molar-refractivity contribution in [3.8, 4) is 0 Å². The smallest absolute Gasteiger partial charge is 0.0417 e. The van der Waals surface area contributed by atoms with E-state index in [0.29, 0.717) is 6.04 Å². The third-order valence-electron chi connectivity index (χ3n) is 3.88. The molecule has 0 saturated carbocycles. The first kappa shape index (κ1) is 14.4. The number of rotatable bonds is 6. The zero-order valence-corrected chi connectivity index (χ0v) is 13.2. The molecule has 2 aromatic heterocycles. The fourth-order valence-corrected chi connectivity index (χ4v) is 3.31. The van der Waals surface area contributed by atoms with Crippen molar-refractivity contribution in [3.05, 3.63) is 45.4 Å². The van der Waals surface area contributed by atoms with Gasteiger partial charge in [-0.2, -0.15) is 0 Å². The van der Waals surface area contributed by atoms with Gasteiger partial charge in [-0.1, -0.05) is 19.4 Å². The van der Waals surface area contributed by atoms with E-state index >= 15 is 0 Å². The minimum atomic E-state index is 0.491. The summed E-state index contributed by atoms with van der Waals surface area (Å²) in [6.45, 7) is 7.57. The maximum absolute atomic E-state index is 3.72. The van der Waals surface area contributed by atoms with Gasteiger partial charge >= 0.3 is 0 Å². The van der Waals surface area contributed by atoms with Crippen LogP contribution in [0.5, 0.6) is 0 Å². The Morgan fingerprint density at radius 2 is 2.16 bits per heavy atom. The molecule has 2 rings (SSSR count). The van der Waals surface area contributed by atoms with Crippen LogP contribution >= 0.6 is 11.3 Å². The van der Waals surface area contributed by atoms with Gasteiger partial charge in [0.05, 0.1) is 0 Å². The first-order chi connectivity index (χ1) is 9.13. The summed E-state index contributed by atoms with van der Waals surface area (Å²) in [4.78, 5) is 1.45. The van der Waals surface area contributed by atoms with Gasteiger partial charge in [0.2, 0.25) is 0 Å². The monoisotopic (exact) mass is 276 g/mol. The van der Waals surface area contributed by atoms with Crippen molar-refractivity contribution in [2.24, 2.45) is 7.05 Å². The highest BCUT2D eigenvalue weighted by atomic mass is 32.1. The molecule has 0 amide bonds.